The van der Waals surface area contributed by atoms with Crippen molar-refractivity contribution >= 4 is 21.7 Å². The van der Waals surface area contributed by atoms with Crippen LogP contribution >= 0.6 is 15.9 Å². The van der Waals surface area contributed by atoms with E-state index in [-0.39, 0.29) is 5.78 Å². The number of hydrogen-bond acceptors (Lipinski definition) is 1. The predicted octanol–water partition coefficient (Wildman–Crippen LogP) is 4.06. The Kier molecular flexibility index (Phi) is 3.20. The van der Waals surface area contributed by atoms with Gasteiger partial charge in [-0.1, -0.05) is 15.9 Å². The molecule has 1 heterocycles. The first-order valence-electron chi connectivity index (χ1n) is 5.46. The molecule has 0 fully saturated rings. The second kappa shape index (κ2) is 4.49. The van der Waals surface area contributed by atoms with Crippen molar-refractivity contribution in [1.82, 2.24) is 4.57 Å². The number of halogens is 1. The monoisotopic (exact) mass is 291 g/mol. The van der Waals surface area contributed by atoms with E-state index in [9.17, 15) is 4.79 Å². The summed E-state index contributed by atoms with van der Waals surface area (Å²) >= 11 is 3.42. The van der Waals surface area contributed by atoms with E-state index in [1.807, 2.05) is 44.2 Å². The van der Waals surface area contributed by atoms with E-state index >= 15 is 0 Å². The Balaban J connectivity index is 2.59. The van der Waals surface area contributed by atoms with Crippen molar-refractivity contribution in [2.45, 2.75) is 20.8 Å². The lowest BCUT2D eigenvalue weighted by Crippen LogP contribution is -2.00. The lowest BCUT2D eigenvalue weighted by Gasteiger charge is -2.09. The molecule has 2 aromatic rings. The molecule has 0 aliphatic rings. The summed E-state index contributed by atoms with van der Waals surface area (Å²) in [5.74, 6) is 0.112. The second-order valence-electron chi connectivity index (χ2n) is 4.15. The maximum atomic E-state index is 11.5. The Morgan fingerprint density at radius 3 is 2.24 bits per heavy atom. The standard InChI is InChI=1S/C14H14BrNO/c1-9-8-14(11(3)17)10(2)16(9)13-6-4-12(15)5-7-13/h4-8H,1-3H3. The molecule has 0 atom stereocenters. The minimum Gasteiger partial charge on any atom is -0.318 e. The minimum absolute atomic E-state index is 0.112. The van der Waals surface area contributed by atoms with Gasteiger partial charge < -0.3 is 4.57 Å². The maximum absolute atomic E-state index is 11.5. The fraction of sp³-hybridized carbons (Fsp3) is 0.214. The molecular weight excluding hydrogens is 278 g/mol. The van der Waals surface area contributed by atoms with Crippen LogP contribution in [0.2, 0.25) is 0 Å². The van der Waals surface area contributed by atoms with Gasteiger partial charge in [-0.05, 0) is 51.1 Å². The van der Waals surface area contributed by atoms with E-state index in [1.165, 1.54) is 0 Å². The van der Waals surface area contributed by atoms with Crippen LogP contribution in [0.1, 0.15) is 28.7 Å². The van der Waals surface area contributed by atoms with Crippen LogP contribution in [0.3, 0.4) is 0 Å². The molecule has 1 aromatic heterocycles. The Labute approximate surface area is 109 Å². The molecule has 0 unspecified atom stereocenters. The van der Waals surface area contributed by atoms with Crippen molar-refractivity contribution in [2.75, 3.05) is 0 Å². The number of Topliss-reactive ketones (excluding diaryl/α,β-unsaturated/α-hetero) is 1. The van der Waals surface area contributed by atoms with Crippen molar-refractivity contribution in [3.63, 3.8) is 0 Å². The molecule has 0 aliphatic carbocycles. The summed E-state index contributed by atoms with van der Waals surface area (Å²) in [4.78, 5) is 11.5. The number of aromatic nitrogens is 1. The van der Waals surface area contributed by atoms with Crippen LogP contribution in [-0.4, -0.2) is 10.4 Å². The smallest absolute Gasteiger partial charge is 0.161 e. The van der Waals surface area contributed by atoms with Gasteiger partial charge in [-0.3, -0.25) is 4.79 Å². The van der Waals surface area contributed by atoms with Gasteiger partial charge in [0.25, 0.3) is 0 Å². The number of ketones is 1. The topological polar surface area (TPSA) is 22.0 Å². The first-order chi connectivity index (χ1) is 8.00. The molecule has 3 heteroatoms. The molecule has 2 rings (SSSR count). The van der Waals surface area contributed by atoms with Crippen molar-refractivity contribution in [3.8, 4) is 5.69 Å². The van der Waals surface area contributed by atoms with Crippen LogP contribution in [0.25, 0.3) is 5.69 Å². The summed E-state index contributed by atoms with van der Waals surface area (Å²) < 4.78 is 3.15. The van der Waals surface area contributed by atoms with Crippen LogP contribution in [0.5, 0.6) is 0 Å². The van der Waals surface area contributed by atoms with E-state index in [4.69, 9.17) is 0 Å². The van der Waals surface area contributed by atoms with Gasteiger partial charge in [0.2, 0.25) is 0 Å². The van der Waals surface area contributed by atoms with E-state index in [0.717, 1.165) is 27.1 Å². The fourth-order valence-electron chi connectivity index (χ4n) is 2.11. The van der Waals surface area contributed by atoms with E-state index in [2.05, 4.69) is 20.5 Å². The van der Waals surface area contributed by atoms with Gasteiger partial charge in [-0.2, -0.15) is 0 Å². The molecule has 0 aliphatic heterocycles. The molecule has 0 saturated heterocycles. The summed E-state index contributed by atoms with van der Waals surface area (Å²) in [6.07, 6.45) is 0. The summed E-state index contributed by atoms with van der Waals surface area (Å²) in [6, 6.07) is 10.0. The average Bonchev–Trinajstić information content (AvgIpc) is 2.56. The molecule has 0 saturated carbocycles. The third-order valence-electron chi connectivity index (χ3n) is 2.90. The van der Waals surface area contributed by atoms with Gasteiger partial charge >= 0.3 is 0 Å². The largest absolute Gasteiger partial charge is 0.318 e. The Bertz CT molecular complexity index is 567. The first-order valence-corrected chi connectivity index (χ1v) is 6.26. The lowest BCUT2D eigenvalue weighted by atomic mass is 10.2. The number of rotatable bonds is 2. The number of hydrogen-bond donors (Lipinski definition) is 0. The van der Waals surface area contributed by atoms with Gasteiger partial charge in [-0.25, -0.2) is 0 Å². The molecular formula is C14H14BrNO. The highest BCUT2D eigenvalue weighted by molar-refractivity contribution is 9.10. The number of carbonyl (C=O) groups excluding carboxylic acids is 1. The van der Waals surface area contributed by atoms with Gasteiger partial charge in [0.05, 0.1) is 0 Å². The fourth-order valence-corrected chi connectivity index (χ4v) is 2.37. The molecule has 0 amide bonds. The van der Waals surface area contributed by atoms with Crippen LogP contribution in [0, 0.1) is 13.8 Å². The molecule has 0 N–H and O–H groups in total. The number of aryl methyl sites for hydroxylation is 1. The summed E-state index contributed by atoms with van der Waals surface area (Å²) in [7, 11) is 0. The molecule has 0 spiro atoms. The quantitative estimate of drug-likeness (QED) is 0.765. The highest BCUT2D eigenvalue weighted by atomic mass is 79.9. The first kappa shape index (κ1) is 12.1. The van der Waals surface area contributed by atoms with Crippen molar-refractivity contribution in [3.05, 3.63) is 51.8 Å². The lowest BCUT2D eigenvalue weighted by molar-refractivity contribution is 0.101. The van der Waals surface area contributed by atoms with Crippen LogP contribution in [0.15, 0.2) is 34.8 Å². The van der Waals surface area contributed by atoms with Crippen molar-refractivity contribution < 1.29 is 4.79 Å². The van der Waals surface area contributed by atoms with Gasteiger partial charge in [-0.15, -0.1) is 0 Å². The van der Waals surface area contributed by atoms with E-state index < -0.39 is 0 Å². The van der Waals surface area contributed by atoms with Crippen molar-refractivity contribution in [2.24, 2.45) is 0 Å². The molecule has 1 aromatic carbocycles. The van der Waals surface area contributed by atoms with Gasteiger partial charge in [0.1, 0.15) is 0 Å². The minimum atomic E-state index is 0.112. The molecule has 88 valence electrons. The molecule has 0 radical (unpaired) electrons. The zero-order valence-corrected chi connectivity index (χ0v) is 11.7. The highest BCUT2D eigenvalue weighted by Crippen LogP contribution is 2.22. The zero-order chi connectivity index (χ0) is 12.6. The van der Waals surface area contributed by atoms with E-state index in [1.54, 1.807) is 6.92 Å². The Hall–Kier alpha value is -1.35. The van der Waals surface area contributed by atoms with Gasteiger partial charge in [0, 0.05) is 27.1 Å². The predicted molar refractivity (Wildman–Crippen MR) is 72.9 cm³/mol. The third-order valence-corrected chi connectivity index (χ3v) is 3.42. The van der Waals surface area contributed by atoms with Crippen LogP contribution < -0.4 is 0 Å². The summed E-state index contributed by atoms with van der Waals surface area (Å²) in [6.45, 7) is 5.60. The molecule has 0 bridgehead atoms. The third kappa shape index (κ3) is 2.20. The van der Waals surface area contributed by atoms with Crippen molar-refractivity contribution in [1.29, 1.82) is 0 Å². The number of benzene rings is 1. The van der Waals surface area contributed by atoms with Crippen LogP contribution in [0.4, 0.5) is 0 Å². The molecule has 2 nitrogen and oxygen atoms in total. The second-order valence-corrected chi connectivity index (χ2v) is 5.07. The Morgan fingerprint density at radius 1 is 1.18 bits per heavy atom. The highest BCUT2D eigenvalue weighted by Gasteiger charge is 2.13. The summed E-state index contributed by atoms with van der Waals surface area (Å²) in [5, 5.41) is 0. The maximum Gasteiger partial charge on any atom is 0.161 e. The average molecular weight is 292 g/mol. The number of carbonyl (C=O) groups is 1. The van der Waals surface area contributed by atoms with E-state index in [0.29, 0.717) is 0 Å². The SMILES string of the molecule is CC(=O)c1cc(C)n(-c2ccc(Br)cc2)c1C. The van der Waals surface area contributed by atoms with Gasteiger partial charge in [0.15, 0.2) is 5.78 Å². The number of nitrogens with zero attached hydrogens (tertiary/aromatic N) is 1. The molecule has 17 heavy (non-hydrogen) atoms. The Morgan fingerprint density at radius 2 is 1.76 bits per heavy atom. The zero-order valence-electron chi connectivity index (χ0n) is 10.1. The summed E-state index contributed by atoms with van der Waals surface area (Å²) in [5.41, 5.74) is 3.95. The normalized spacial score (nSPS) is 10.6. The van der Waals surface area contributed by atoms with Crippen LogP contribution in [-0.2, 0) is 0 Å².